The Morgan fingerprint density at radius 2 is 1.56 bits per heavy atom. The largest absolute Gasteiger partial charge is 0.494 e. The van der Waals surface area contributed by atoms with Crippen LogP contribution in [0.2, 0.25) is 0 Å². The predicted molar refractivity (Wildman–Crippen MR) is 253 cm³/mol. The number of ether oxygens (including phenoxy) is 1. The molecule has 1 aromatic carbocycles. The van der Waals surface area contributed by atoms with Gasteiger partial charge in [-0.25, -0.2) is 0 Å². The Kier molecular flexibility index (Phi) is 20.2. The molecule has 0 aliphatic carbocycles. The number of carbonyl (C=O) groups is 9. The molecule has 15 N–H and O–H groups in total. The summed E-state index contributed by atoms with van der Waals surface area (Å²) in [5, 5.41) is 50.3. The Morgan fingerprint density at radius 3 is 2.24 bits per heavy atom. The molecule has 1 saturated heterocycles. The molecule has 2 aromatic rings. The van der Waals surface area contributed by atoms with Crippen molar-refractivity contribution >= 4 is 75.8 Å². The molecule has 0 spiro atoms. The van der Waals surface area contributed by atoms with Gasteiger partial charge in [-0.3, -0.25) is 43.2 Å². The van der Waals surface area contributed by atoms with E-state index in [4.69, 9.17) is 16.2 Å². The van der Waals surface area contributed by atoms with Crippen LogP contribution in [-0.4, -0.2) is 172 Å². The third-order valence-corrected chi connectivity index (χ3v) is 13.9. The van der Waals surface area contributed by atoms with E-state index in [2.05, 4.69) is 42.2 Å². The Bertz CT molecular complexity index is 2250. The smallest absolute Gasteiger partial charge is 0.246 e. The van der Waals surface area contributed by atoms with Gasteiger partial charge < -0.3 is 78.6 Å². The normalized spacial score (nSPS) is 26.0. The van der Waals surface area contributed by atoms with Gasteiger partial charge in [0.15, 0.2) is 0 Å². The van der Waals surface area contributed by atoms with Crippen molar-refractivity contribution in [2.45, 2.75) is 126 Å². The molecule has 0 saturated carbocycles. The minimum Gasteiger partial charge on any atom is -0.494 e. The number of unbranched alkanes of at least 4 members (excludes halogenated alkanes) is 3. The first-order chi connectivity index (χ1) is 33.3. The van der Waals surface area contributed by atoms with Gasteiger partial charge in [0.25, 0.3) is 0 Å². The molecule has 4 heterocycles. The Labute approximate surface area is 408 Å². The number of fused-ring (bicyclic) bond motifs is 5. The highest BCUT2D eigenvalue weighted by Gasteiger charge is 2.45. The van der Waals surface area contributed by atoms with Crippen molar-refractivity contribution in [1.82, 2.24) is 47.1 Å². The summed E-state index contributed by atoms with van der Waals surface area (Å²) >= 11 is 1.01. The summed E-state index contributed by atoms with van der Waals surface area (Å²) in [6.07, 6.45) is -0.443. The molecular formula is C45H67N11O13S. The summed E-state index contributed by atoms with van der Waals surface area (Å²) in [7, 11) is 0. The molecule has 3 aliphatic rings. The fraction of sp³-hybridized carbons (Fsp3) is 0.622. The highest BCUT2D eigenvalue weighted by molar-refractivity contribution is 7.99. The lowest BCUT2D eigenvalue weighted by Crippen LogP contribution is -2.62. The summed E-state index contributed by atoms with van der Waals surface area (Å²) in [5.41, 5.74) is 12.1. The third-order valence-electron chi connectivity index (χ3n) is 12.7. The van der Waals surface area contributed by atoms with Crippen molar-refractivity contribution in [3.05, 3.63) is 23.8 Å². The predicted octanol–water partition coefficient (Wildman–Crippen LogP) is -3.74. The van der Waals surface area contributed by atoms with Crippen molar-refractivity contribution in [2.75, 3.05) is 45.1 Å². The van der Waals surface area contributed by atoms with E-state index in [0.29, 0.717) is 46.8 Å². The van der Waals surface area contributed by atoms with E-state index in [9.17, 15) is 58.5 Å². The number of primary amides is 1. The lowest BCUT2D eigenvalue weighted by Gasteiger charge is -2.32. The summed E-state index contributed by atoms with van der Waals surface area (Å²) in [5.74, 6) is -9.85. The zero-order chi connectivity index (χ0) is 51.2. The standard InChI is InChI=1S/C45H67N11O13S/c1-4-22(2)37-42(66)49-17-35(61)50-31-21-70-44-27(26-10-9-25(14-28(26)53-44)69-12-8-6-5-7-11-46)15-29(39(63)48-18-36(62)54-37)51-43(67)38(23(3)33(59)20-57)55-41(65)32-13-24(58)19-56(32)45(68)30(16-34(47)60)52-40(31)64/h9-10,14,22-24,29-33,37-38,53,57-59H,4-8,11-13,15-21,46H2,1-3H3,(H2,47,60)(H,48,63)(H,49,66)(H,50,61)(H,51,67)(H,52,64)(H,54,62)(H,55,65)/t22-,23-,24+,29+,30-,31-,32-,33-,37-,38-/m0/s1. The summed E-state index contributed by atoms with van der Waals surface area (Å²) in [4.78, 5) is 129. The number of carbonyl (C=O) groups excluding carboxylic acids is 9. The van der Waals surface area contributed by atoms with Crippen LogP contribution in [0.15, 0.2) is 23.2 Å². The van der Waals surface area contributed by atoms with Gasteiger partial charge in [-0.2, -0.15) is 0 Å². The number of aliphatic hydroxyl groups is 3. The van der Waals surface area contributed by atoms with E-state index in [1.54, 1.807) is 32.0 Å². The van der Waals surface area contributed by atoms with Crippen LogP contribution in [0.1, 0.15) is 71.3 Å². The average molecular weight is 1000 g/mol. The molecule has 9 amide bonds. The number of rotatable bonds is 14. The topological polar surface area (TPSA) is 379 Å². The molecule has 25 heteroatoms. The van der Waals surface area contributed by atoms with Crippen molar-refractivity contribution in [1.29, 1.82) is 0 Å². The maximum absolute atomic E-state index is 14.6. The number of hydrogen-bond acceptors (Lipinski definition) is 15. The first kappa shape index (κ1) is 54.9. The minimum absolute atomic E-state index is 0.282. The quantitative estimate of drug-likeness (QED) is 0.0809. The number of nitrogens with one attached hydrogen (secondary N) is 8. The molecule has 0 radical (unpaired) electrons. The average Bonchev–Trinajstić information content (AvgIpc) is 3.89. The van der Waals surface area contributed by atoms with E-state index < -0.39 is 146 Å². The lowest BCUT2D eigenvalue weighted by molar-refractivity contribution is -0.144. The zero-order valence-corrected chi connectivity index (χ0v) is 40.4. The molecule has 24 nitrogen and oxygen atoms in total. The number of amides is 9. The molecule has 1 aromatic heterocycles. The number of aromatic nitrogens is 1. The van der Waals surface area contributed by atoms with E-state index in [0.717, 1.165) is 42.3 Å². The van der Waals surface area contributed by atoms with Gasteiger partial charge in [0, 0.05) is 42.5 Å². The number of hydrogen-bond donors (Lipinski definition) is 13. The fourth-order valence-electron chi connectivity index (χ4n) is 8.43. The number of nitrogens with two attached hydrogens (primary N) is 2. The number of benzene rings is 1. The van der Waals surface area contributed by atoms with Crippen LogP contribution < -0.4 is 53.4 Å². The first-order valence-corrected chi connectivity index (χ1v) is 24.5. The van der Waals surface area contributed by atoms with Gasteiger partial charge in [0.05, 0.1) is 55.5 Å². The zero-order valence-electron chi connectivity index (χ0n) is 39.5. The third kappa shape index (κ3) is 14.5. The number of thioether (sulfide) groups is 1. The number of aliphatic hydroxyl groups excluding tert-OH is 3. The van der Waals surface area contributed by atoms with E-state index >= 15 is 0 Å². The van der Waals surface area contributed by atoms with E-state index in [1.165, 1.54) is 6.92 Å². The van der Waals surface area contributed by atoms with Crippen LogP contribution in [0.4, 0.5) is 0 Å². The second-order valence-corrected chi connectivity index (χ2v) is 19.0. The second kappa shape index (κ2) is 25.7. The van der Waals surface area contributed by atoms with Crippen molar-refractivity contribution in [3.8, 4) is 5.75 Å². The van der Waals surface area contributed by atoms with Crippen molar-refractivity contribution < 1.29 is 63.2 Å². The van der Waals surface area contributed by atoms with Crippen LogP contribution in [0, 0.1) is 11.8 Å². The maximum Gasteiger partial charge on any atom is 0.246 e. The van der Waals surface area contributed by atoms with Crippen LogP contribution in [-0.2, 0) is 49.6 Å². The van der Waals surface area contributed by atoms with E-state index in [-0.39, 0.29) is 18.6 Å². The fourth-order valence-corrected chi connectivity index (χ4v) is 9.55. The van der Waals surface area contributed by atoms with Gasteiger partial charge in [-0.1, -0.05) is 40.0 Å². The van der Waals surface area contributed by atoms with E-state index in [1.807, 2.05) is 0 Å². The number of H-pyrrole nitrogens is 1. The molecular weight excluding hydrogens is 935 g/mol. The molecule has 2 bridgehead atoms. The second-order valence-electron chi connectivity index (χ2n) is 18.0. The van der Waals surface area contributed by atoms with Crippen LogP contribution in [0.3, 0.4) is 0 Å². The van der Waals surface area contributed by atoms with Crippen LogP contribution in [0.5, 0.6) is 5.75 Å². The molecule has 70 heavy (non-hydrogen) atoms. The number of aromatic amines is 1. The summed E-state index contributed by atoms with van der Waals surface area (Å²) in [6, 6.07) is -4.05. The monoisotopic (exact) mass is 1000 g/mol. The number of nitrogens with zero attached hydrogens (tertiary/aromatic N) is 1. The molecule has 3 aliphatic heterocycles. The maximum atomic E-state index is 14.6. The highest BCUT2D eigenvalue weighted by Crippen LogP contribution is 2.34. The Morgan fingerprint density at radius 1 is 0.857 bits per heavy atom. The van der Waals surface area contributed by atoms with Gasteiger partial charge >= 0.3 is 0 Å². The molecule has 1 fully saturated rings. The van der Waals surface area contributed by atoms with Crippen LogP contribution >= 0.6 is 11.8 Å². The van der Waals surface area contributed by atoms with Gasteiger partial charge in [-0.05, 0) is 43.0 Å². The lowest BCUT2D eigenvalue weighted by atomic mass is 9.93. The SMILES string of the molecule is CC[C@H](C)[C@@H]1NC(=O)CNC(=O)[C@H]2Cc3c([nH]c4cc(OCCCCCCN)ccc34)SC[C@H](NC(=O)CNC1=O)C(=O)N[C@@H](CC(N)=O)C(=O)N1C[C@H](O)C[C@H]1C(=O)N[C@@H]([C@@H](C)[C@@H](O)CO)C(=O)N2. The first-order valence-electron chi connectivity index (χ1n) is 23.6. The van der Waals surface area contributed by atoms with Crippen molar-refractivity contribution in [2.24, 2.45) is 23.3 Å². The summed E-state index contributed by atoms with van der Waals surface area (Å²) in [6.45, 7) is 3.16. The molecule has 386 valence electrons. The molecule has 5 rings (SSSR count). The Hall–Kier alpha value is -6.02. The highest BCUT2D eigenvalue weighted by atomic mass is 32.2. The van der Waals surface area contributed by atoms with Gasteiger partial charge in [0.1, 0.15) is 42.0 Å². The molecule has 0 unspecified atom stereocenters. The Balaban J connectivity index is 1.69. The minimum atomic E-state index is -1.74. The van der Waals surface area contributed by atoms with Crippen molar-refractivity contribution in [3.63, 3.8) is 0 Å². The van der Waals surface area contributed by atoms with Gasteiger partial charge in [0.2, 0.25) is 53.2 Å². The van der Waals surface area contributed by atoms with Gasteiger partial charge in [-0.15, -0.1) is 11.8 Å². The van der Waals surface area contributed by atoms with Crippen LogP contribution in [0.25, 0.3) is 10.9 Å². The molecule has 10 atom stereocenters. The summed E-state index contributed by atoms with van der Waals surface area (Å²) < 4.78 is 6.05.